The number of nitrogens with zero attached hydrogens (tertiary/aromatic N) is 2. The molecule has 0 fully saturated rings. The molecule has 0 aliphatic heterocycles. The standard InChI is InChI=1S/C14H26N4O2S2/c1-4-15-14(17-12-13-8-7-10-21-13)16-9-11-22(19,20)18(5-2)6-3/h7-8,10H,4-6,9,11-12H2,1-3H3,(H2,15,16,17). The van der Waals surface area contributed by atoms with E-state index in [0.29, 0.717) is 32.1 Å². The van der Waals surface area contributed by atoms with Crippen LogP contribution in [0.4, 0.5) is 0 Å². The van der Waals surface area contributed by atoms with Crippen LogP contribution in [-0.4, -0.2) is 50.6 Å². The second-order valence-corrected chi connectivity index (χ2v) is 7.72. The van der Waals surface area contributed by atoms with Gasteiger partial charge in [-0.3, -0.25) is 0 Å². The Morgan fingerprint density at radius 2 is 2.00 bits per heavy atom. The van der Waals surface area contributed by atoms with Crippen LogP contribution < -0.4 is 10.6 Å². The third-order valence-corrected chi connectivity index (χ3v) is 5.95. The minimum atomic E-state index is -3.20. The first-order valence-corrected chi connectivity index (χ1v) is 10.0. The largest absolute Gasteiger partial charge is 0.357 e. The summed E-state index contributed by atoms with van der Waals surface area (Å²) in [7, 11) is -3.20. The predicted molar refractivity (Wildman–Crippen MR) is 93.8 cm³/mol. The zero-order chi connectivity index (χ0) is 16.4. The van der Waals surface area contributed by atoms with E-state index in [0.717, 1.165) is 6.54 Å². The van der Waals surface area contributed by atoms with Gasteiger partial charge in [-0.15, -0.1) is 11.3 Å². The molecule has 22 heavy (non-hydrogen) atoms. The van der Waals surface area contributed by atoms with Crippen LogP contribution in [0, 0.1) is 0 Å². The molecule has 0 amide bonds. The minimum absolute atomic E-state index is 0.0676. The summed E-state index contributed by atoms with van der Waals surface area (Å²) < 4.78 is 25.7. The van der Waals surface area contributed by atoms with Gasteiger partial charge in [-0.2, -0.15) is 0 Å². The Kier molecular flexibility index (Phi) is 8.44. The van der Waals surface area contributed by atoms with Gasteiger partial charge in [0.1, 0.15) is 0 Å². The van der Waals surface area contributed by atoms with Gasteiger partial charge < -0.3 is 10.6 Å². The van der Waals surface area contributed by atoms with E-state index in [-0.39, 0.29) is 5.75 Å². The van der Waals surface area contributed by atoms with E-state index in [4.69, 9.17) is 0 Å². The molecule has 1 rings (SSSR count). The molecule has 0 aromatic carbocycles. The number of hydrogen-bond donors (Lipinski definition) is 2. The first kappa shape index (κ1) is 18.9. The second kappa shape index (κ2) is 9.81. The monoisotopic (exact) mass is 346 g/mol. The van der Waals surface area contributed by atoms with E-state index in [1.165, 1.54) is 9.18 Å². The van der Waals surface area contributed by atoms with Crippen LogP contribution in [0.5, 0.6) is 0 Å². The molecular weight excluding hydrogens is 320 g/mol. The third kappa shape index (κ3) is 6.33. The van der Waals surface area contributed by atoms with Crippen molar-refractivity contribution in [3.8, 4) is 0 Å². The summed E-state index contributed by atoms with van der Waals surface area (Å²) in [4.78, 5) is 5.63. The molecule has 8 heteroatoms. The van der Waals surface area contributed by atoms with Crippen molar-refractivity contribution in [1.29, 1.82) is 0 Å². The van der Waals surface area contributed by atoms with Crippen molar-refractivity contribution in [3.63, 3.8) is 0 Å². The number of nitrogens with one attached hydrogen (secondary N) is 2. The van der Waals surface area contributed by atoms with Gasteiger partial charge in [0.2, 0.25) is 10.0 Å². The zero-order valence-electron chi connectivity index (χ0n) is 13.5. The topological polar surface area (TPSA) is 73.8 Å². The molecule has 0 bridgehead atoms. The second-order valence-electron chi connectivity index (χ2n) is 4.60. The Bertz CT molecular complexity index is 537. The van der Waals surface area contributed by atoms with Gasteiger partial charge in [-0.25, -0.2) is 17.7 Å². The molecular formula is C14H26N4O2S2. The van der Waals surface area contributed by atoms with Gasteiger partial charge >= 0.3 is 0 Å². The number of guanidine groups is 1. The van der Waals surface area contributed by atoms with Crippen LogP contribution in [0.3, 0.4) is 0 Å². The summed E-state index contributed by atoms with van der Waals surface area (Å²) in [6.45, 7) is 8.36. The molecule has 0 aliphatic carbocycles. The third-order valence-electron chi connectivity index (χ3n) is 3.07. The lowest BCUT2D eigenvalue weighted by molar-refractivity contribution is 0.445. The van der Waals surface area contributed by atoms with Crippen molar-refractivity contribution in [1.82, 2.24) is 14.9 Å². The summed E-state index contributed by atoms with van der Waals surface area (Å²) in [6, 6.07) is 4.02. The van der Waals surface area contributed by atoms with Gasteiger partial charge in [0.05, 0.1) is 12.3 Å². The average Bonchev–Trinajstić information content (AvgIpc) is 2.99. The molecule has 1 aromatic rings. The highest BCUT2D eigenvalue weighted by molar-refractivity contribution is 7.89. The summed E-state index contributed by atoms with van der Waals surface area (Å²) in [5, 5.41) is 8.22. The smallest absolute Gasteiger partial charge is 0.215 e. The molecule has 6 nitrogen and oxygen atoms in total. The number of sulfonamides is 1. The molecule has 1 heterocycles. The molecule has 126 valence electrons. The molecule has 0 saturated heterocycles. The van der Waals surface area contributed by atoms with Crippen LogP contribution in [0.2, 0.25) is 0 Å². The summed E-state index contributed by atoms with van der Waals surface area (Å²) in [5.41, 5.74) is 0. The van der Waals surface area contributed by atoms with Gasteiger partial charge in [0.15, 0.2) is 5.96 Å². The van der Waals surface area contributed by atoms with E-state index in [9.17, 15) is 8.42 Å². The van der Waals surface area contributed by atoms with Gasteiger partial charge in [0.25, 0.3) is 0 Å². The quantitative estimate of drug-likeness (QED) is 0.525. The van der Waals surface area contributed by atoms with Crippen molar-refractivity contribution in [3.05, 3.63) is 22.4 Å². The maximum absolute atomic E-state index is 12.1. The maximum Gasteiger partial charge on any atom is 0.215 e. The van der Waals surface area contributed by atoms with Crippen molar-refractivity contribution < 1.29 is 8.42 Å². The van der Waals surface area contributed by atoms with Crippen LogP contribution in [0.1, 0.15) is 25.6 Å². The van der Waals surface area contributed by atoms with E-state index in [2.05, 4.69) is 15.6 Å². The molecule has 0 aliphatic rings. The van der Waals surface area contributed by atoms with E-state index >= 15 is 0 Å². The fourth-order valence-corrected chi connectivity index (χ4v) is 3.98. The van der Waals surface area contributed by atoms with Gasteiger partial charge in [0, 0.05) is 31.1 Å². The molecule has 0 unspecified atom stereocenters. The predicted octanol–water partition coefficient (Wildman–Crippen LogP) is 1.47. The Morgan fingerprint density at radius 3 is 2.55 bits per heavy atom. The van der Waals surface area contributed by atoms with E-state index < -0.39 is 10.0 Å². The fourth-order valence-electron chi connectivity index (χ4n) is 1.95. The Labute approximate surface area is 137 Å². The lowest BCUT2D eigenvalue weighted by Gasteiger charge is -2.19. The first-order chi connectivity index (χ1) is 10.5. The van der Waals surface area contributed by atoms with Crippen molar-refractivity contribution in [2.75, 3.05) is 31.9 Å². The number of aliphatic imine (C=N–C) groups is 1. The summed E-state index contributed by atoms with van der Waals surface area (Å²) in [6.07, 6.45) is 0. The van der Waals surface area contributed by atoms with Crippen molar-refractivity contribution >= 4 is 27.3 Å². The lowest BCUT2D eigenvalue weighted by atomic mass is 10.5. The molecule has 2 N–H and O–H groups in total. The molecule has 0 saturated carbocycles. The Morgan fingerprint density at radius 1 is 1.27 bits per heavy atom. The summed E-state index contributed by atoms with van der Waals surface area (Å²) in [5.74, 6) is 0.712. The SMILES string of the molecule is CCNC(=NCc1cccs1)NCCS(=O)(=O)N(CC)CC. The highest BCUT2D eigenvalue weighted by atomic mass is 32.2. The van der Waals surface area contributed by atoms with Crippen LogP contribution >= 0.6 is 11.3 Å². The molecule has 0 spiro atoms. The minimum Gasteiger partial charge on any atom is -0.357 e. The van der Waals surface area contributed by atoms with Crippen LogP contribution in [0.25, 0.3) is 0 Å². The van der Waals surface area contributed by atoms with E-state index in [1.54, 1.807) is 11.3 Å². The highest BCUT2D eigenvalue weighted by Crippen LogP contribution is 2.09. The van der Waals surface area contributed by atoms with Crippen molar-refractivity contribution in [2.45, 2.75) is 27.3 Å². The highest BCUT2D eigenvalue weighted by Gasteiger charge is 2.18. The zero-order valence-corrected chi connectivity index (χ0v) is 15.1. The van der Waals surface area contributed by atoms with Gasteiger partial charge in [-0.05, 0) is 18.4 Å². The fraction of sp³-hybridized carbons (Fsp3) is 0.643. The summed E-state index contributed by atoms with van der Waals surface area (Å²) >= 11 is 1.66. The number of thiophene rings is 1. The Hall–Kier alpha value is -1.12. The van der Waals surface area contributed by atoms with E-state index in [1.807, 2.05) is 38.3 Å². The van der Waals surface area contributed by atoms with Gasteiger partial charge in [-0.1, -0.05) is 19.9 Å². The maximum atomic E-state index is 12.1. The van der Waals surface area contributed by atoms with Crippen LogP contribution in [0.15, 0.2) is 22.5 Å². The number of hydrogen-bond acceptors (Lipinski definition) is 4. The lowest BCUT2D eigenvalue weighted by Crippen LogP contribution is -2.42. The Balaban J connectivity index is 2.52. The molecule has 0 radical (unpaired) electrons. The van der Waals surface area contributed by atoms with Crippen LogP contribution in [-0.2, 0) is 16.6 Å². The first-order valence-electron chi connectivity index (χ1n) is 7.55. The normalized spacial score (nSPS) is 12.6. The molecule has 0 atom stereocenters. The molecule has 1 aromatic heterocycles. The number of rotatable bonds is 9. The van der Waals surface area contributed by atoms with Crippen molar-refractivity contribution in [2.24, 2.45) is 4.99 Å². The average molecular weight is 347 g/mol.